The highest BCUT2D eigenvalue weighted by Crippen LogP contribution is 2.40. The number of anilines is 3. The van der Waals surface area contributed by atoms with E-state index in [4.69, 9.17) is 22.0 Å². The van der Waals surface area contributed by atoms with E-state index in [2.05, 4.69) is 47.4 Å². The number of aromatic nitrogens is 1. The Morgan fingerprint density at radius 1 is 1.02 bits per heavy atom. The van der Waals surface area contributed by atoms with E-state index in [1.54, 1.807) is 11.8 Å². The number of nitrogens with zero attached hydrogens (tertiary/aromatic N) is 6. The summed E-state index contributed by atoms with van der Waals surface area (Å²) in [5, 5.41) is 15.1. The molecule has 3 aromatic carbocycles. The van der Waals surface area contributed by atoms with E-state index in [-0.39, 0.29) is 28.0 Å². The van der Waals surface area contributed by atoms with Gasteiger partial charge in [0.05, 0.1) is 39.9 Å². The van der Waals surface area contributed by atoms with Gasteiger partial charge in [0.1, 0.15) is 17.1 Å². The number of aryl methyl sites for hydroxylation is 3. The van der Waals surface area contributed by atoms with E-state index >= 15 is 0 Å². The second-order valence-corrected chi connectivity index (χ2v) is 15.6. The molecule has 0 radical (unpaired) electrons. The number of thiocarbonyl (C=S) groups is 1. The van der Waals surface area contributed by atoms with Gasteiger partial charge in [0.15, 0.2) is 5.11 Å². The van der Waals surface area contributed by atoms with Gasteiger partial charge in [0, 0.05) is 55.9 Å². The lowest BCUT2D eigenvalue weighted by Crippen LogP contribution is -2.49. The Hall–Kier alpha value is -5.47. The number of rotatable bonds is 8. The monoisotopic (exact) mass is 837 g/mol. The van der Waals surface area contributed by atoms with Crippen molar-refractivity contribution in [1.29, 1.82) is 5.26 Å². The zero-order valence-corrected chi connectivity index (χ0v) is 34.7. The molecular weight excluding hydrogens is 795 g/mol. The Morgan fingerprint density at radius 2 is 1.69 bits per heavy atom. The smallest absolute Gasteiger partial charge is 0.368 e. The molecule has 0 atom stereocenters. The van der Waals surface area contributed by atoms with Gasteiger partial charge in [0.2, 0.25) is 5.91 Å². The highest BCUT2D eigenvalue weighted by atomic mass is 32.2. The van der Waals surface area contributed by atoms with Crippen LogP contribution in [0.2, 0.25) is 0 Å². The predicted molar refractivity (Wildman–Crippen MR) is 219 cm³/mol. The standard InChI is InChI=1S/C21H16F4N4O2S.C20H27N3O2S/c1-20(2)18(31)28(12-5-4-11(10-26)15(8-12)21(23,24)25)19(32)29(20)13-6-7-14(16(22)9-13)17(30)27-3;1-14-6-5-7-19(15(14)2)22-8-10-23(11-9-22)20(24)13-26-12-18-16(3)21-25-17(18)4/h4-9H,1-3H3,(H,27,30);5-7H,8-13H2,1-4H3. The zero-order valence-electron chi connectivity index (χ0n) is 33.1. The molecule has 0 spiro atoms. The van der Waals surface area contributed by atoms with Gasteiger partial charge in [-0.25, -0.2) is 4.39 Å². The molecule has 6 rings (SSSR count). The van der Waals surface area contributed by atoms with E-state index in [9.17, 15) is 31.9 Å². The first kappa shape index (κ1) is 43.6. The molecule has 2 saturated heterocycles. The minimum absolute atomic E-state index is 0.144. The van der Waals surface area contributed by atoms with Crippen LogP contribution < -0.4 is 20.0 Å². The van der Waals surface area contributed by atoms with Gasteiger partial charge in [-0.1, -0.05) is 17.3 Å². The van der Waals surface area contributed by atoms with Crippen molar-refractivity contribution >= 4 is 63.9 Å². The molecule has 0 bridgehead atoms. The molecule has 2 aliphatic heterocycles. The minimum atomic E-state index is -4.82. The van der Waals surface area contributed by atoms with E-state index in [0.717, 1.165) is 66.0 Å². The number of nitrogens with one attached hydrogen (secondary N) is 1. The van der Waals surface area contributed by atoms with Crippen LogP contribution in [0.4, 0.5) is 34.6 Å². The number of benzene rings is 3. The van der Waals surface area contributed by atoms with Gasteiger partial charge in [-0.3, -0.25) is 19.3 Å². The van der Waals surface area contributed by atoms with Crippen LogP contribution in [0.5, 0.6) is 0 Å². The lowest BCUT2D eigenvalue weighted by atomic mass is 10.0. The van der Waals surface area contributed by atoms with Crippen molar-refractivity contribution < 1.29 is 36.5 Å². The van der Waals surface area contributed by atoms with Crippen LogP contribution in [0, 0.1) is 44.8 Å². The third kappa shape index (κ3) is 8.97. The topological polar surface area (TPSA) is 126 Å². The van der Waals surface area contributed by atoms with Gasteiger partial charge in [-0.05, 0) is 107 Å². The number of thioether (sulfide) groups is 1. The summed E-state index contributed by atoms with van der Waals surface area (Å²) < 4.78 is 59.9. The van der Waals surface area contributed by atoms with Crippen molar-refractivity contribution in [3.8, 4) is 6.07 Å². The molecule has 0 aliphatic carbocycles. The SMILES string of the molecule is CNC(=O)c1ccc(N2C(=S)N(c3ccc(C#N)c(C(F)(F)F)c3)C(=O)C2(C)C)cc1F.Cc1cccc(N2CCN(C(=O)CSCc3c(C)noc3C)CC2)c1C. The van der Waals surface area contributed by atoms with Crippen molar-refractivity contribution in [2.24, 2.45) is 0 Å². The van der Waals surface area contributed by atoms with E-state index < -0.39 is 40.5 Å². The maximum atomic E-state index is 14.5. The highest BCUT2D eigenvalue weighted by Gasteiger charge is 2.51. The van der Waals surface area contributed by atoms with Crippen LogP contribution in [0.15, 0.2) is 59.1 Å². The fourth-order valence-corrected chi connectivity index (χ4v) is 8.33. The normalized spacial score (nSPS) is 15.3. The molecule has 3 heterocycles. The molecule has 11 nitrogen and oxygen atoms in total. The van der Waals surface area contributed by atoms with Crippen LogP contribution in [-0.2, 0) is 21.5 Å². The Bertz CT molecular complexity index is 2260. The molecule has 2 aliphatic rings. The van der Waals surface area contributed by atoms with E-state index in [0.29, 0.717) is 11.8 Å². The minimum Gasteiger partial charge on any atom is -0.368 e. The molecular formula is C41H43F4N7O4S2. The van der Waals surface area contributed by atoms with Gasteiger partial charge in [0.25, 0.3) is 11.8 Å². The van der Waals surface area contributed by atoms with Gasteiger partial charge < -0.3 is 24.5 Å². The molecule has 17 heteroatoms. The van der Waals surface area contributed by atoms with Crippen LogP contribution in [0.1, 0.15) is 63.5 Å². The Balaban J connectivity index is 0.000000226. The number of nitriles is 1. The summed E-state index contributed by atoms with van der Waals surface area (Å²) in [4.78, 5) is 44.0. The molecule has 4 aromatic rings. The zero-order chi connectivity index (χ0) is 42.7. The van der Waals surface area contributed by atoms with Gasteiger partial charge >= 0.3 is 6.18 Å². The molecule has 1 aromatic heterocycles. The Kier molecular flexibility index (Phi) is 13.2. The first-order valence-corrected chi connectivity index (χ1v) is 19.8. The average molecular weight is 838 g/mol. The van der Waals surface area contributed by atoms with Crippen LogP contribution in [0.3, 0.4) is 0 Å². The third-order valence-corrected chi connectivity index (χ3v) is 11.5. The fourth-order valence-electron chi connectivity index (χ4n) is 6.74. The predicted octanol–water partition coefficient (Wildman–Crippen LogP) is 7.48. The lowest BCUT2D eigenvalue weighted by molar-refractivity contribution is -0.137. The van der Waals surface area contributed by atoms with Crippen molar-refractivity contribution in [3.63, 3.8) is 0 Å². The molecule has 0 unspecified atom stereocenters. The number of halogens is 4. The van der Waals surface area contributed by atoms with E-state index in [1.807, 2.05) is 18.7 Å². The number of carbonyl (C=O) groups is 3. The Morgan fingerprint density at radius 3 is 2.28 bits per heavy atom. The van der Waals surface area contributed by atoms with Crippen molar-refractivity contribution in [2.45, 2.75) is 59.0 Å². The maximum Gasteiger partial charge on any atom is 0.417 e. The van der Waals surface area contributed by atoms with Crippen LogP contribution in [0.25, 0.3) is 0 Å². The summed E-state index contributed by atoms with van der Waals surface area (Å²) in [7, 11) is 1.34. The third-order valence-electron chi connectivity index (χ3n) is 10.2. The summed E-state index contributed by atoms with van der Waals surface area (Å²) in [6.07, 6.45) is -4.82. The number of piperazine rings is 1. The van der Waals surface area contributed by atoms with Crippen molar-refractivity contribution in [2.75, 3.05) is 53.7 Å². The number of amides is 3. The molecule has 0 saturated carbocycles. The second-order valence-electron chi connectivity index (χ2n) is 14.3. The summed E-state index contributed by atoms with van der Waals surface area (Å²) in [5.41, 5.74) is 2.56. The first-order valence-electron chi connectivity index (χ1n) is 18.2. The highest BCUT2D eigenvalue weighted by molar-refractivity contribution is 7.99. The summed E-state index contributed by atoms with van der Waals surface area (Å²) >= 11 is 7.02. The number of hydrogen-bond donors (Lipinski definition) is 1. The lowest BCUT2D eigenvalue weighted by Gasteiger charge is -2.37. The quantitative estimate of drug-likeness (QED) is 0.141. The van der Waals surface area contributed by atoms with Gasteiger partial charge in [-0.2, -0.15) is 18.4 Å². The average Bonchev–Trinajstić information content (AvgIpc) is 3.60. The van der Waals surface area contributed by atoms with Gasteiger partial charge in [-0.15, -0.1) is 11.8 Å². The van der Waals surface area contributed by atoms with Crippen molar-refractivity contribution in [3.05, 3.63) is 105 Å². The maximum absolute atomic E-state index is 14.5. The molecule has 2 fully saturated rings. The summed E-state index contributed by atoms with van der Waals surface area (Å²) in [6, 6.07) is 14.4. The van der Waals surface area contributed by atoms with Crippen LogP contribution >= 0.6 is 24.0 Å². The Labute approximate surface area is 343 Å². The molecule has 58 heavy (non-hydrogen) atoms. The number of carbonyl (C=O) groups excluding carboxylic acids is 3. The number of alkyl halides is 3. The van der Waals surface area contributed by atoms with Crippen molar-refractivity contribution in [1.82, 2.24) is 15.4 Å². The molecule has 306 valence electrons. The largest absolute Gasteiger partial charge is 0.417 e. The first-order chi connectivity index (χ1) is 27.3. The molecule has 3 amide bonds. The number of hydrogen-bond acceptors (Lipinski definition) is 9. The van der Waals surface area contributed by atoms with Crippen LogP contribution in [-0.4, -0.2) is 77.4 Å². The fraction of sp³-hybridized carbons (Fsp3) is 0.366. The summed E-state index contributed by atoms with van der Waals surface area (Å²) in [6.45, 7) is 14.5. The summed E-state index contributed by atoms with van der Waals surface area (Å²) in [5.74, 6) is 0.211. The molecule has 1 N–H and O–H groups in total. The van der Waals surface area contributed by atoms with E-state index in [1.165, 1.54) is 66.9 Å². The second kappa shape index (κ2) is 17.6.